The quantitative estimate of drug-likeness (QED) is 0.396. The Kier molecular flexibility index (Phi) is 3.20. The van der Waals surface area contributed by atoms with Crippen LogP contribution in [-0.4, -0.2) is 34.3 Å². The van der Waals surface area contributed by atoms with Gasteiger partial charge in [0.15, 0.2) is 0 Å². The van der Waals surface area contributed by atoms with E-state index in [-0.39, 0.29) is 0 Å². The van der Waals surface area contributed by atoms with Gasteiger partial charge < -0.3 is 0 Å². The minimum atomic E-state index is 0.617. The Morgan fingerprint density at radius 1 is 1.15 bits per heavy atom. The molecule has 5 rings (SSSR count). The Bertz CT molecular complexity index is 1200. The van der Waals surface area contributed by atoms with E-state index in [9.17, 15) is 0 Å². The van der Waals surface area contributed by atoms with Crippen LogP contribution in [0.25, 0.3) is 11.4 Å². The molecule has 0 unspecified atom stereocenters. The molecule has 0 aliphatic carbocycles. The third-order valence-corrected chi connectivity index (χ3v) is 4.52. The maximum atomic E-state index is 6.20. The lowest BCUT2D eigenvalue weighted by Gasteiger charge is -2.09. The van der Waals surface area contributed by atoms with Crippen molar-refractivity contribution in [2.24, 2.45) is 7.05 Å². The van der Waals surface area contributed by atoms with Gasteiger partial charge in [-0.15, -0.1) is 5.10 Å². The van der Waals surface area contributed by atoms with Crippen LogP contribution in [0.15, 0.2) is 43.0 Å². The number of nitrogens with zero attached hydrogens (tertiary/aromatic N) is 7. The van der Waals surface area contributed by atoms with Crippen LogP contribution in [0, 0.1) is 11.8 Å². The molecule has 1 aliphatic rings. The van der Waals surface area contributed by atoms with Gasteiger partial charge in [-0.05, 0) is 36.1 Å². The predicted molar refractivity (Wildman–Crippen MR) is 95.5 cm³/mol. The van der Waals surface area contributed by atoms with Gasteiger partial charge in [-0.3, -0.25) is 9.25 Å². The first-order chi connectivity index (χ1) is 12.7. The van der Waals surface area contributed by atoms with Gasteiger partial charge in [0.2, 0.25) is 0 Å². The second kappa shape index (κ2) is 5.58. The molecule has 4 aromatic rings. The molecular weight excluding hydrogens is 350 g/mol. The molecule has 126 valence electrons. The fourth-order valence-electron chi connectivity index (χ4n) is 3.08. The van der Waals surface area contributed by atoms with Crippen molar-refractivity contribution in [3.05, 3.63) is 70.8 Å². The predicted octanol–water partition coefficient (Wildman–Crippen LogP) is 2.14. The van der Waals surface area contributed by atoms with Crippen molar-refractivity contribution in [1.82, 2.24) is 34.3 Å². The summed E-state index contributed by atoms with van der Waals surface area (Å²) in [5.74, 6) is 6.21. The number of imidazole rings is 1. The van der Waals surface area contributed by atoms with Crippen molar-refractivity contribution in [3.8, 4) is 23.2 Å². The molecule has 0 amide bonds. The second-order valence-corrected chi connectivity index (χ2v) is 6.42. The monoisotopic (exact) mass is 361 g/mol. The van der Waals surface area contributed by atoms with Gasteiger partial charge in [0.1, 0.15) is 17.7 Å². The number of fused-ring (bicyclic) bond motifs is 5. The summed E-state index contributed by atoms with van der Waals surface area (Å²) in [7, 11) is 1.87. The Hall–Kier alpha value is -3.37. The molecule has 0 fully saturated rings. The Labute approximate surface area is 153 Å². The van der Waals surface area contributed by atoms with E-state index in [1.165, 1.54) is 0 Å². The highest BCUT2D eigenvalue weighted by Crippen LogP contribution is 2.30. The molecular formula is C18H12ClN7. The molecule has 0 radical (unpaired) electrons. The van der Waals surface area contributed by atoms with Crippen LogP contribution in [0.5, 0.6) is 0 Å². The zero-order valence-electron chi connectivity index (χ0n) is 13.8. The van der Waals surface area contributed by atoms with Crippen LogP contribution in [0.2, 0.25) is 5.02 Å². The molecule has 7 nitrogen and oxygen atoms in total. The highest BCUT2D eigenvalue weighted by Gasteiger charge is 2.22. The minimum absolute atomic E-state index is 0.617. The van der Waals surface area contributed by atoms with Gasteiger partial charge in [-0.1, -0.05) is 16.8 Å². The fraction of sp³-hybridized carbons (Fsp3) is 0.111. The zero-order valence-corrected chi connectivity index (χ0v) is 14.5. The van der Waals surface area contributed by atoms with Crippen LogP contribution in [0.3, 0.4) is 0 Å². The van der Waals surface area contributed by atoms with Crippen LogP contribution in [0.1, 0.15) is 22.8 Å². The van der Waals surface area contributed by atoms with Crippen molar-refractivity contribution in [1.29, 1.82) is 0 Å². The van der Waals surface area contributed by atoms with Crippen LogP contribution >= 0.6 is 11.6 Å². The highest BCUT2D eigenvalue weighted by atomic mass is 35.5. The largest absolute Gasteiger partial charge is 0.299 e. The van der Waals surface area contributed by atoms with E-state index < -0.39 is 0 Å². The maximum Gasteiger partial charge on any atom is 0.135 e. The van der Waals surface area contributed by atoms with E-state index in [1.54, 1.807) is 17.2 Å². The lowest BCUT2D eigenvalue weighted by molar-refractivity contribution is 0.764. The number of aryl methyl sites for hydroxylation is 1. The molecule has 8 heteroatoms. The highest BCUT2D eigenvalue weighted by molar-refractivity contribution is 6.30. The number of hydrogen-bond donors (Lipinski definition) is 0. The SMILES string of the molecule is Cn1ccc(C#Cc2ncn3c2Cc2cnnn2-c2cc(Cl)ccc2-3)n1. The van der Waals surface area contributed by atoms with Gasteiger partial charge in [0, 0.05) is 24.7 Å². The first-order valence-electron chi connectivity index (χ1n) is 7.97. The summed E-state index contributed by atoms with van der Waals surface area (Å²) in [5, 5.41) is 13.2. The van der Waals surface area contributed by atoms with E-state index in [1.807, 2.05) is 46.8 Å². The average molecular weight is 362 g/mol. The number of aromatic nitrogens is 7. The molecule has 0 bridgehead atoms. The van der Waals surface area contributed by atoms with Gasteiger partial charge >= 0.3 is 0 Å². The molecule has 0 atom stereocenters. The summed E-state index contributed by atoms with van der Waals surface area (Å²) in [6.07, 6.45) is 6.01. The lowest BCUT2D eigenvalue weighted by atomic mass is 10.2. The topological polar surface area (TPSA) is 66.3 Å². The van der Waals surface area contributed by atoms with Gasteiger partial charge in [-0.25, -0.2) is 9.67 Å². The number of benzene rings is 1. The van der Waals surface area contributed by atoms with Gasteiger partial charge in [0.05, 0.1) is 29.0 Å². The molecule has 0 saturated carbocycles. The van der Waals surface area contributed by atoms with Crippen molar-refractivity contribution < 1.29 is 0 Å². The minimum Gasteiger partial charge on any atom is -0.299 e. The van der Waals surface area contributed by atoms with E-state index in [0.717, 1.165) is 22.8 Å². The van der Waals surface area contributed by atoms with Crippen LogP contribution in [0.4, 0.5) is 0 Å². The van der Waals surface area contributed by atoms with Gasteiger partial charge in [-0.2, -0.15) is 5.10 Å². The van der Waals surface area contributed by atoms with E-state index in [4.69, 9.17) is 11.6 Å². The molecule has 0 spiro atoms. The van der Waals surface area contributed by atoms with Crippen molar-refractivity contribution >= 4 is 11.6 Å². The normalized spacial score (nSPS) is 11.8. The molecule has 3 aromatic heterocycles. The van der Waals surface area contributed by atoms with Gasteiger partial charge in [0.25, 0.3) is 0 Å². The number of halogens is 1. The third-order valence-electron chi connectivity index (χ3n) is 4.28. The first kappa shape index (κ1) is 14.9. The summed E-state index contributed by atoms with van der Waals surface area (Å²) in [6.45, 7) is 0. The maximum absolute atomic E-state index is 6.20. The van der Waals surface area contributed by atoms with Crippen molar-refractivity contribution in [2.75, 3.05) is 0 Å². The number of rotatable bonds is 0. The van der Waals surface area contributed by atoms with E-state index >= 15 is 0 Å². The zero-order chi connectivity index (χ0) is 17.7. The van der Waals surface area contributed by atoms with E-state index in [2.05, 4.69) is 32.2 Å². The fourth-order valence-corrected chi connectivity index (χ4v) is 3.25. The Morgan fingerprint density at radius 3 is 2.92 bits per heavy atom. The van der Waals surface area contributed by atoms with Crippen LogP contribution in [-0.2, 0) is 13.5 Å². The van der Waals surface area contributed by atoms with E-state index in [0.29, 0.717) is 22.8 Å². The second-order valence-electron chi connectivity index (χ2n) is 5.98. The molecule has 1 aromatic carbocycles. The molecule has 0 saturated heterocycles. The average Bonchev–Trinajstić information content (AvgIpc) is 3.33. The summed E-state index contributed by atoms with van der Waals surface area (Å²) < 4.78 is 5.56. The summed E-state index contributed by atoms with van der Waals surface area (Å²) in [5.41, 5.74) is 5.16. The lowest BCUT2D eigenvalue weighted by Crippen LogP contribution is -2.03. The summed E-state index contributed by atoms with van der Waals surface area (Å²) >= 11 is 6.20. The first-order valence-corrected chi connectivity index (χ1v) is 8.34. The Balaban J connectivity index is 1.69. The Morgan fingerprint density at radius 2 is 2.08 bits per heavy atom. The molecule has 4 heterocycles. The van der Waals surface area contributed by atoms with Crippen molar-refractivity contribution in [3.63, 3.8) is 0 Å². The number of hydrogen-bond acceptors (Lipinski definition) is 4. The molecule has 26 heavy (non-hydrogen) atoms. The van der Waals surface area contributed by atoms with Crippen LogP contribution < -0.4 is 0 Å². The summed E-state index contributed by atoms with van der Waals surface area (Å²) in [6, 6.07) is 7.56. The molecule has 0 N–H and O–H groups in total. The summed E-state index contributed by atoms with van der Waals surface area (Å²) in [4.78, 5) is 4.51. The molecule has 1 aliphatic heterocycles. The third kappa shape index (κ3) is 2.31. The van der Waals surface area contributed by atoms with Crippen molar-refractivity contribution in [2.45, 2.75) is 6.42 Å². The standard InChI is InChI=1S/C18H12ClN7/c1-24-7-6-13(22-24)3-4-15-17-9-14-10-21-23-26(14)18-8-12(19)2-5-16(18)25(17)11-20-15/h2,5-8,10-11H,9H2,1H3. The smallest absolute Gasteiger partial charge is 0.135 e.